The maximum Gasteiger partial charge on any atom is 0.254 e. The van der Waals surface area contributed by atoms with E-state index in [1.54, 1.807) is 4.90 Å². The molecule has 1 unspecified atom stereocenters. The number of carbonyl (C=O) groups is 1. The standard InChI is InChI=1S/C23H29N3O5S2/c1-16-6-7-21-19(14-16)22(18-4-2-3-5-20(18)24-21)23(27)25-9-11-26(12-10-25)33(30,31)17-8-13-32(28,29)15-17/h6-7,14,17H,2-5,8-13,15H2,1H3. The molecule has 33 heavy (non-hydrogen) atoms. The summed E-state index contributed by atoms with van der Waals surface area (Å²) in [5.74, 6) is -0.440. The quantitative estimate of drug-likeness (QED) is 0.647. The van der Waals surface area contributed by atoms with Crippen molar-refractivity contribution >= 4 is 36.7 Å². The van der Waals surface area contributed by atoms with Crippen molar-refractivity contribution in [3.05, 3.63) is 40.6 Å². The van der Waals surface area contributed by atoms with Gasteiger partial charge in [0, 0.05) is 37.3 Å². The van der Waals surface area contributed by atoms with Crippen molar-refractivity contribution in [1.29, 1.82) is 0 Å². The molecule has 1 aromatic carbocycles. The number of sulfonamides is 1. The van der Waals surface area contributed by atoms with Crippen LogP contribution in [0.3, 0.4) is 0 Å². The van der Waals surface area contributed by atoms with Crippen LogP contribution in [0.1, 0.15) is 46.4 Å². The third kappa shape index (κ3) is 4.17. The van der Waals surface area contributed by atoms with Gasteiger partial charge in [-0.25, -0.2) is 16.8 Å². The lowest BCUT2D eigenvalue weighted by molar-refractivity contribution is 0.0698. The first-order chi connectivity index (χ1) is 15.7. The molecule has 1 atom stereocenters. The Balaban J connectivity index is 1.40. The molecule has 1 amide bonds. The highest BCUT2D eigenvalue weighted by Gasteiger charge is 2.42. The second kappa shape index (κ2) is 8.32. The predicted octanol–water partition coefficient (Wildman–Crippen LogP) is 1.70. The minimum atomic E-state index is -3.70. The Morgan fingerprint density at radius 1 is 1.09 bits per heavy atom. The largest absolute Gasteiger partial charge is 0.336 e. The summed E-state index contributed by atoms with van der Waals surface area (Å²) in [7, 11) is -6.98. The van der Waals surface area contributed by atoms with Gasteiger partial charge in [0.2, 0.25) is 10.0 Å². The molecule has 2 fully saturated rings. The highest BCUT2D eigenvalue weighted by Crippen LogP contribution is 2.31. The highest BCUT2D eigenvalue weighted by molar-refractivity contribution is 7.95. The molecule has 2 aliphatic heterocycles. The molecule has 1 aromatic heterocycles. The van der Waals surface area contributed by atoms with Crippen LogP contribution in [0.2, 0.25) is 0 Å². The zero-order valence-corrected chi connectivity index (χ0v) is 20.4. The molecule has 5 rings (SSSR count). The van der Waals surface area contributed by atoms with Crippen LogP contribution in [0.4, 0.5) is 0 Å². The summed E-state index contributed by atoms with van der Waals surface area (Å²) in [5.41, 5.74) is 4.65. The summed E-state index contributed by atoms with van der Waals surface area (Å²) in [6.07, 6.45) is 3.95. The average molecular weight is 492 g/mol. The second-order valence-electron chi connectivity index (χ2n) is 9.40. The number of piperazine rings is 1. The number of rotatable bonds is 3. The number of hydrogen-bond acceptors (Lipinski definition) is 6. The number of aromatic nitrogens is 1. The van der Waals surface area contributed by atoms with E-state index in [9.17, 15) is 21.6 Å². The highest BCUT2D eigenvalue weighted by atomic mass is 32.2. The number of nitrogens with zero attached hydrogens (tertiary/aromatic N) is 3. The molecule has 2 aromatic rings. The van der Waals surface area contributed by atoms with Gasteiger partial charge in [0.15, 0.2) is 9.84 Å². The minimum Gasteiger partial charge on any atom is -0.336 e. The van der Waals surface area contributed by atoms with Crippen LogP contribution in [-0.2, 0) is 32.7 Å². The van der Waals surface area contributed by atoms with E-state index >= 15 is 0 Å². The predicted molar refractivity (Wildman–Crippen MR) is 127 cm³/mol. The Kier molecular flexibility index (Phi) is 5.73. The summed E-state index contributed by atoms with van der Waals surface area (Å²) in [4.78, 5) is 20.3. The van der Waals surface area contributed by atoms with Gasteiger partial charge in [-0.1, -0.05) is 11.6 Å². The molecule has 3 heterocycles. The van der Waals surface area contributed by atoms with Crippen LogP contribution in [0.15, 0.2) is 18.2 Å². The van der Waals surface area contributed by atoms with Crippen LogP contribution in [0.5, 0.6) is 0 Å². The first kappa shape index (κ1) is 22.7. The third-order valence-corrected chi connectivity index (χ3v) is 11.4. The lowest BCUT2D eigenvalue weighted by atomic mass is 9.89. The number of aryl methyl sites for hydroxylation is 2. The van der Waals surface area contributed by atoms with Crippen LogP contribution >= 0.6 is 0 Å². The van der Waals surface area contributed by atoms with Gasteiger partial charge in [0.1, 0.15) is 0 Å². The van der Waals surface area contributed by atoms with Crippen molar-refractivity contribution in [3.8, 4) is 0 Å². The maximum atomic E-state index is 13.7. The summed E-state index contributed by atoms with van der Waals surface area (Å²) in [6, 6.07) is 5.99. The van der Waals surface area contributed by atoms with Gasteiger partial charge in [0.05, 0.1) is 27.8 Å². The first-order valence-corrected chi connectivity index (χ1v) is 14.9. The Bertz CT molecular complexity index is 1330. The molecule has 0 radical (unpaired) electrons. The van der Waals surface area contributed by atoms with Crippen LogP contribution in [0, 0.1) is 6.92 Å². The third-order valence-electron chi connectivity index (χ3n) is 7.13. The van der Waals surface area contributed by atoms with E-state index in [0.717, 1.165) is 59.0 Å². The molecule has 178 valence electrons. The molecule has 0 bridgehead atoms. The molecule has 3 aliphatic rings. The molecule has 10 heteroatoms. The molecular formula is C23H29N3O5S2. The van der Waals surface area contributed by atoms with Gasteiger partial charge < -0.3 is 4.90 Å². The number of pyridine rings is 1. The van der Waals surface area contributed by atoms with E-state index in [1.807, 2.05) is 25.1 Å². The molecular weight excluding hydrogens is 462 g/mol. The molecule has 0 N–H and O–H groups in total. The molecule has 8 nitrogen and oxygen atoms in total. The number of carbonyl (C=O) groups excluding carboxylic acids is 1. The van der Waals surface area contributed by atoms with Crippen molar-refractivity contribution in [2.24, 2.45) is 0 Å². The fourth-order valence-corrected chi connectivity index (χ4v) is 9.80. The first-order valence-electron chi connectivity index (χ1n) is 11.6. The van der Waals surface area contributed by atoms with Crippen molar-refractivity contribution in [2.45, 2.75) is 44.3 Å². The molecule has 1 aliphatic carbocycles. The maximum absolute atomic E-state index is 13.7. The molecule has 0 spiro atoms. The van der Waals surface area contributed by atoms with Crippen molar-refractivity contribution in [1.82, 2.24) is 14.2 Å². The van der Waals surface area contributed by atoms with Gasteiger partial charge in [0.25, 0.3) is 5.91 Å². The summed E-state index contributed by atoms with van der Waals surface area (Å²) < 4.78 is 50.9. The van der Waals surface area contributed by atoms with Gasteiger partial charge in [-0.2, -0.15) is 4.31 Å². The lowest BCUT2D eigenvalue weighted by Gasteiger charge is -2.36. The van der Waals surface area contributed by atoms with Gasteiger partial charge in [-0.15, -0.1) is 0 Å². The van der Waals surface area contributed by atoms with Gasteiger partial charge in [-0.05, 0) is 56.7 Å². The summed E-state index contributed by atoms with van der Waals surface area (Å²) >= 11 is 0. The monoisotopic (exact) mass is 491 g/mol. The van der Waals surface area contributed by atoms with Crippen molar-refractivity contribution in [3.63, 3.8) is 0 Å². The molecule has 2 saturated heterocycles. The Morgan fingerprint density at radius 3 is 2.52 bits per heavy atom. The van der Waals surface area contributed by atoms with Crippen LogP contribution in [-0.4, -0.2) is 79.9 Å². The normalized spacial score (nSPS) is 23.5. The van der Waals surface area contributed by atoms with Crippen molar-refractivity contribution in [2.75, 3.05) is 37.7 Å². The SMILES string of the molecule is Cc1ccc2nc3c(c(C(=O)N4CCN(S(=O)(=O)C5CCS(=O)(=O)C5)CC4)c2c1)CCCC3. The zero-order valence-electron chi connectivity index (χ0n) is 18.8. The van der Waals surface area contributed by atoms with E-state index in [2.05, 4.69) is 0 Å². The van der Waals surface area contributed by atoms with Crippen LogP contribution in [0.25, 0.3) is 10.9 Å². The minimum absolute atomic E-state index is 0.0633. The Labute approximate surface area is 194 Å². The summed E-state index contributed by atoms with van der Waals surface area (Å²) in [6.45, 7) is 2.97. The van der Waals surface area contributed by atoms with Crippen molar-refractivity contribution < 1.29 is 21.6 Å². The Hall–Kier alpha value is -2.04. The topological polar surface area (TPSA) is 105 Å². The van der Waals surface area contributed by atoms with Gasteiger partial charge >= 0.3 is 0 Å². The summed E-state index contributed by atoms with van der Waals surface area (Å²) in [5, 5.41) is -0.00393. The number of fused-ring (bicyclic) bond motifs is 2. The van der Waals surface area contributed by atoms with E-state index in [1.165, 1.54) is 4.31 Å². The average Bonchev–Trinajstić information content (AvgIpc) is 3.17. The van der Waals surface area contributed by atoms with E-state index in [-0.39, 0.29) is 36.9 Å². The van der Waals surface area contributed by atoms with E-state index in [0.29, 0.717) is 13.1 Å². The van der Waals surface area contributed by atoms with Gasteiger partial charge in [-0.3, -0.25) is 9.78 Å². The van der Waals surface area contributed by atoms with E-state index in [4.69, 9.17) is 4.98 Å². The number of sulfone groups is 1. The fraction of sp³-hybridized carbons (Fsp3) is 0.565. The molecule has 0 saturated carbocycles. The fourth-order valence-electron chi connectivity index (χ4n) is 5.29. The smallest absolute Gasteiger partial charge is 0.254 e. The lowest BCUT2D eigenvalue weighted by Crippen LogP contribution is -2.52. The number of hydrogen-bond donors (Lipinski definition) is 0. The second-order valence-corrected chi connectivity index (χ2v) is 13.8. The number of amides is 1. The number of benzene rings is 1. The zero-order chi connectivity index (χ0) is 23.4. The van der Waals surface area contributed by atoms with E-state index < -0.39 is 25.1 Å². The Morgan fingerprint density at radius 2 is 1.82 bits per heavy atom. The van der Waals surface area contributed by atoms with Crippen LogP contribution < -0.4 is 0 Å².